The quantitative estimate of drug-likeness (QED) is 0.583. The molecule has 0 spiro atoms. The molecule has 0 heterocycles. The van der Waals surface area contributed by atoms with Gasteiger partial charge in [0.2, 0.25) is 0 Å². The number of hydrogen-bond donors (Lipinski definition) is 2. The molecule has 122 valence electrons. The topological polar surface area (TPSA) is 59.6 Å². The van der Waals surface area contributed by atoms with Gasteiger partial charge in [-0.1, -0.05) is 17.7 Å². The number of methoxy groups -OCH3 is 1. The van der Waals surface area contributed by atoms with Crippen molar-refractivity contribution in [1.82, 2.24) is 0 Å². The number of ether oxygens (including phenoxy) is 1. The maximum atomic E-state index is 13.2. The summed E-state index contributed by atoms with van der Waals surface area (Å²) in [6, 6.07) is 10.1. The van der Waals surface area contributed by atoms with E-state index in [1.54, 1.807) is 37.4 Å². The van der Waals surface area contributed by atoms with E-state index in [-0.39, 0.29) is 11.8 Å². The van der Waals surface area contributed by atoms with Crippen LogP contribution < -0.4 is 15.8 Å². The van der Waals surface area contributed by atoms with E-state index in [1.165, 1.54) is 6.07 Å². The van der Waals surface area contributed by atoms with Gasteiger partial charge in [0.05, 0.1) is 16.6 Å². The Morgan fingerprint density at radius 3 is 2.78 bits per heavy atom. The zero-order chi connectivity index (χ0) is 16.8. The lowest BCUT2D eigenvalue weighted by molar-refractivity contribution is 0.415. The molecule has 2 aromatic rings. The standard InChI is InChI=1S/C16H16BrClFN3O/c1-23-15-5-3-11(9-13(15)18)22-16(20)21-7-6-10-2-4-14(19)12(17)8-10/h2-5,8-9H,6-7H2,1H3,(H3,20,21,22). The third-order valence-electron chi connectivity index (χ3n) is 3.09. The molecular weight excluding hydrogens is 385 g/mol. The Hall–Kier alpha value is -1.79. The van der Waals surface area contributed by atoms with E-state index >= 15 is 0 Å². The first kappa shape index (κ1) is 17.6. The summed E-state index contributed by atoms with van der Waals surface area (Å²) in [6.45, 7) is 0.487. The van der Waals surface area contributed by atoms with Crippen LogP contribution >= 0.6 is 27.5 Å². The Bertz CT molecular complexity index is 724. The van der Waals surface area contributed by atoms with E-state index in [4.69, 9.17) is 22.1 Å². The molecule has 0 bridgehead atoms. The Morgan fingerprint density at radius 1 is 1.35 bits per heavy atom. The van der Waals surface area contributed by atoms with Crippen LogP contribution in [0.4, 0.5) is 10.1 Å². The molecule has 0 saturated carbocycles. The average Bonchev–Trinajstić information content (AvgIpc) is 2.51. The van der Waals surface area contributed by atoms with Gasteiger partial charge in [0, 0.05) is 12.2 Å². The van der Waals surface area contributed by atoms with E-state index in [2.05, 4.69) is 26.2 Å². The largest absolute Gasteiger partial charge is 0.495 e. The number of halogens is 3. The van der Waals surface area contributed by atoms with Crippen molar-refractivity contribution >= 4 is 39.2 Å². The van der Waals surface area contributed by atoms with Crippen LogP contribution in [0.1, 0.15) is 5.56 Å². The highest BCUT2D eigenvalue weighted by Crippen LogP contribution is 2.27. The molecule has 0 aromatic heterocycles. The van der Waals surface area contributed by atoms with Crippen LogP contribution in [0.25, 0.3) is 0 Å². The van der Waals surface area contributed by atoms with Gasteiger partial charge in [0.15, 0.2) is 5.96 Å². The van der Waals surface area contributed by atoms with Crippen molar-refractivity contribution < 1.29 is 9.13 Å². The lowest BCUT2D eigenvalue weighted by atomic mass is 10.1. The Labute approximate surface area is 147 Å². The average molecular weight is 401 g/mol. The maximum Gasteiger partial charge on any atom is 0.193 e. The molecule has 0 unspecified atom stereocenters. The lowest BCUT2D eigenvalue weighted by Gasteiger charge is -2.08. The number of nitrogens with two attached hydrogens (primary N) is 1. The fourth-order valence-corrected chi connectivity index (χ4v) is 2.62. The first-order chi connectivity index (χ1) is 11.0. The summed E-state index contributed by atoms with van der Waals surface area (Å²) in [7, 11) is 1.55. The molecule has 0 saturated heterocycles. The molecule has 4 nitrogen and oxygen atoms in total. The first-order valence-corrected chi connectivity index (χ1v) is 8.01. The summed E-state index contributed by atoms with van der Waals surface area (Å²) in [5.74, 6) is 0.594. The number of nitrogens with one attached hydrogen (secondary N) is 1. The van der Waals surface area contributed by atoms with Crippen molar-refractivity contribution in [2.24, 2.45) is 10.7 Å². The summed E-state index contributed by atoms with van der Waals surface area (Å²) in [6.07, 6.45) is 0.657. The Kier molecular flexibility index (Phi) is 6.24. The molecule has 7 heteroatoms. The van der Waals surface area contributed by atoms with E-state index in [1.807, 2.05) is 0 Å². The molecule has 2 rings (SSSR count). The second-order valence-electron chi connectivity index (χ2n) is 4.74. The molecule has 0 aliphatic carbocycles. The molecule has 23 heavy (non-hydrogen) atoms. The van der Waals surface area contributed by atoms with Crippen LogP contribution in [0.3, 0.4) is 0 Å². The number of anilines is 1. The van der Waals surface area contributed by atoms with Crippen LogP contribution in [0.2, 0.25) is 5.02 Å². The van der Waals surface area contributed by atoms with Crippen molar-refractivity contribution in [1.29, 1.82) is 0 Å². The number of benzene rings is 2. The monoisotopic (exact) mass is 399 g/mol. The van der Waals surface area contributed by atoms with Crippen molar-refractivity contribution in [3.8, 4) is 5.75 Å². The number of rotatable bonds is 5. The van der Waals surface area contributed by atoms with Gasteiger partial charge < -0.3 is 15.8 Å². The molecule has 0 fully saturated rings. The zero-order valence-corrected chi connectivity index (χ0v) is 14.8. The molecule has 0 aliphatic heterocycles. The summed E-state index contributed by atoms with van der Waals surface area (Å²) in [5.41, 5.74) is 7.54. The highest BCUT2D eigenvalue weighted by atomic mass is 79.9. The van der Waals surface area contributed by atoms with Gasteiger partial charge in [-0.25, -0.2) is 4.39 Å². The number of guanidine groups is 1. The number of hydrogen-bond acceptors (Lipinski definition) is 2. The SMILES string of the molecule is COc1ccc(NC(N)=NCCc2ccc(F)c(Br)c2)cc1Cl. The molecule has 3 N–H and O–H groups in total. The van der Waals surface area contributed by atoms with Gasteiger partial charge in [-0.05, 0) is 58.2 Å². The molecule has 0 radical (unpaired) electrons. The number of nitrogens with zero attached hydrogens (tertiary/aromatic N) is 1. The minimum absolute atomic E-state index is 0.283. The van der Waals surface area contributed by atoms with E-state index < -0.39 is 0 Å². The fraction of sp³-hybridized carbons (Fsp3) is 0.188. The van der Waals surface area contributed by atoms with Gasteiger partial charge >= 0.3 is 0 Å². The summed E-state index contributed by atoms with van der Waals surface area (Å²) in [5, 5.41) is 3.45. The van der Waals surface area contributed by atoms with E-state index in [0.29, 0.717) is 28.2 Å². The van der Waals surface area contributed by atoms with Gasteiger partial charge in [-0.3, -0.25) is 4.99 Å². The fourth-order valence-electron chi connectivity index (χ4n) is 1.93. The smallest absolute Gasteiger partial charge is 0.193 e. The summed E-state index contributed by atoms with van der Waals surface area (Å²) >= 11 is 9.20. The van der Waals surface area contributed by atoms with Crippen LogP contribution in [-0.4, -0.2) is 19.6 Å². The predicted molar refractivity (Wildman–Crippen MR) is 95.9 cm³/mol. The van der Waals surface area contributed by atoms with Crippen LogP contribution in [0.15, 0.2) is 45.9 Å². The first-order valence-electron chi connectivity index (χ1n) is 6.84. The second-order valence-corrected chi connectivity index (χ2v) is 6.00. The maximum absolute atomic E-state index is 13.2. The van der Waals surface area contributed by atoms with Crippen molar-refractivity contribution in [2.75, 3.05) is 19.0 Å². The van der Waals surface area contributed by atoms with Crippen LogP contribution in [-0.2, 0) is 6.42 Å². The van der Waals surface area contributed by atoms with Crippen LogP contribution in [0.5, 0.6) is 5.75 Å². The van der Waals surface area contributed by atoms with Crippen molar-refractivity contribution in [2.45, 2.75) is 6.42 Å². The summed E-state index contributed by atoms with van der Waals surface area (Å²) < 4.78 is 18.7. The van der Waals surface area contributed by atoms with Crippen molar-refractivity contribution in [3.05, 3.63) is 57.3 Å². The van der Waals surface area contributed by atoms with Gasteiger partial charge in [0.25, 0.3) is 0 Å². The normalized spacial score (nSPS) is 11.4. The highest BCUT2D eigenvalue weighted by molar-refractivity contribution is 9.10. The molecular formula is C16H16BrClFN3O. The molecule has 0 aliphatic rings. The Morgan fingerprint density at radius 2 is 2.13 bits per heavy atom. The summed E-state index contributed by atoms with van der Waals surface area (Å²) in [4.78, 5) is 4.24. The minimum atomic E-state index is -0.283. The Balaban J connectivity index is 1.92. The highest BCUT2D eigenvalue weighted by Gasteiger charge is 2.03. The van der Waals surface area contributed by atoms with Crippen molar-refractivity contribution in [3.63, 3.8) is 0 Å². The molecule has 2 aromatic carbocycles. The minimum Gasteiger partial charge on any atom is -0.495 e. The lowest BCUT2D eigenvalue weighted by Crippen LogP contribution is -2.23. The third-order valence-corrected chi connectivity index (χ3v) is 3.99. The molecule has 0 amide bonds. The third kappa shape index (κ3) is 5.11. The number of aliphatic imine (C=N–C) groups is 1. The van der Waals surface area contributed by atoms with E-state index in [9.17, 15) is 4.39 Å². The zero-order valence-electron chi connectivity index (χ0n) is 12.4. The predicted octanol–water partition coefficient (Wildman–Crippen LogP) is 4.22. The van der Waals surface area contributed by atoms with Gasteiger partial charge in [-0.2, -0.15) is 0 Å². The van der Waals surface area contributed by atoms with Gasteiger partial charge in [0.1, 0.15) is 11.6 Å². The van der Waals surface area contributed by atoms with E-state index in [0.717, 1.165) is 11.3 Å². The molecule has 0 atom stereocenters. The van der Waals surface area contributed by atoms with Gasteiger partial charge in [-0.15, -0.1) is 0 Å². The second kappa shape index (κ2) is 8.17. The van der Waals surface area contributed by atoms with Crippen LogP contribution in [0, 0.1) is 5.82 Å².